The SMILES string of the molecule is CC(C)(C)[C@H](N)CP(c1ccc(C(F)(F)F)cc1)c1ccc(C(F)(F)F)cc1. The molecule has 0 saturated carbocycles. The third kappa shape index (κ3) is 5.71. The molecule has 0 amide bonds. The van der Waals surface area contributed by atoms with Crippen molar-refractivity contribution >= 4 is 18.5 Å². The fourth-order valence-electron chi connectivity index (χ4n) is 2.49. The summed E-state index contributed by atoms with van der Waals surface area (Å²) < 4.78 is 77.1. The molecule has 0 bridgehead atoms. The summed E-state index contributed by atoms with van der Waals surface area (Å²) >= 11 is 0. The summed E-state index contributed by atoms with van der Waals surface area (Å²) in [5.41, 5.74) is 4.50. The van der Waals surface area contributed by atoms with E-state index in [1.165, 1.54) is 24.3 Å². The van der Waals surface area contributed by atoms with E-state index in [0.29, 0.717) is 16.8 Å². The highest BCUT2D eigenvalue weighted by Gasteiger charge is 2.32. The quantitative estimate of drug-likeness (QED) is 0.510. The molecular weight excluding hydrogens is 399 g/mol. The van der Waals surface area contributed by atoms with Crippen molar-refractivity contribution in [3.8, 4) is 0 Å². The topological polar surface area (TPSA) is 26.0 Å². The van der Waals surface area contributed by atoms with Crippen LogP contribution in [0.3, 0.4) is 0 Å². The lowest BCUT2D eigenvalue weighted by Crippen LogP contribution is -2.39. The van der Waals surface area contributed by atoms with Crippen molar-refractivity contribution in [2.24, 2.45) is 11.1 Å². The van der Waals surface area contributed by atoms with Gasteiger partial charge in [0.1, 0.15) is 0 Å². The fourth-order valence-corrected chi connectivity index (χ4v) is 5.17. The van der Waals surface area contributed by atoms with Gasteiger partial charge in [-0.2, -0.15) is 26.3 Å². The van der Waals surface area contributed by atoms with Gasteiger partial charge in [-0.15, -0.1) is 0 Å². The minimum atomic E-state index is -4.45. The molecule has 154 valence electrons. The van der Waals surface area contributed by atoms with Crippen LogP contribution < -0.4 is 16.3 Å². The van der Waals surface area contributed by atoms with Crippen LogP contribution in [0, 0.1) is 5.41 Å². The molecule has 1 nitrogen and oxygen atoms in total. The standard InChI is InChI=1S/C20H22F6NP/c1-18(2,3)17(27)12-28(15-8-4-13(5-9-15)19(21,22)23)16-10-6-14(7-11-16)20(24,25)26/h4-11,17H,12,27H2,1-3H3/t17-/m1/s1. The van der Waals surface area contributed by atoms with Crippen LogP contribution >= 0.6 is 7.92 Å². The molecule has 8 heteroatoms. The van der Waals surface area contributed by atoms with Gasteiger partial charge in [-0.1, -0.05) is 45.0 Å². The first-order valence-corrected chi connectivity index (χ1v) is 10.1. The Morgan fingerprint density at radius 3 is 1.29 bits per heavy atom. The molecule has 2 N–H and O–H groups in total. The highest BCUT2D eigenvalue weighted by molar-refractivity contribution is 7.73. The van der Waals surface area contributed by atoms with E-state index in [4.69, 9.17) is 5.73 Å². The zero-order valence-corrected chi connectivity index (χ0v) is 16.6. The van der Waals surface area contributed by atoms with Crippen LogP contribution in [0.4, 0.5) is 26.3 Å². The molecule has 2 aromatic carbocycles. The number of halogens is 6. The predicted octanol–water partition coefficient (Wildman–Crippen LogP) is 5.53. The molecule has 2 rings (SSSR count). The van der Waals surface area contributed by atoms with Gasteiger partial charge >= 0.3 is 12.4 Å². The maximum absolute atomic E-state index is 12.8. The molecule has 0 saturated heterocycles. The molecule has 28 heavy (non-hydrogen) atoms. The van der Waals surface area contributed by atoms with Gasteiger partial charge in [-0.3, -0.25) is 0 Å². The van der Waals surface area contributed by atoms with Crippen LogP contribution in [-0.4, -0.2) is 12.2 Å². The Labute approximate surface area is 161 Å². The molecule has 0 aliphatic rings. The molecule has 2 aromatic rings. The van der Waals surface area contributed by atoms with Crippen molar-refractivity contribution in [3.05, 3.63) is 59.7 Å². The minimum absolute atomic E-state index is 0.252. The second-order valence-electron chi connectivity index (χ2n) is 7.67. The number of hydrogen-bond donors (Lipinski definition) is 1. The Hall–Kier alpha value is -1.59. The summed E-state index contributed by atoms with van der Waals surface area (Å²) in [4.78, 5) is 0. The summed E-state index contributed by atoms with van der Waals surface area (Å²) in [5, 5.41) is 1.28. The largest absolute Gasteiger partial charge is 0.416 e. The monoisotopic (exact) mass is 421 g/mol. The molecule has 1 atom stereocenters. The maximum atomic E-state index is 12.8. The van der Waals surface area contributed by atoms with E-state index in [9.17, 15) is 26.3 Å². The van der Waals surface area contributed by atoms with Crippen molar-refractivity contribution in [2.75, 3.05) is 6.16 Å². The number of hydrogen-bond acceptors (Lipinski definition) is 1. The number of nitrogens with two attached hydrogens (primary N) is 1. The first-order chi connectivity index (χ1) is 12.7. The van der Waals surface area contributed by atoms with Crippen LogP contribution in [0.15, 0.2) is 48.5 Å². The second kappa shape index (κ2) is 8.03. The highest BCUT2D eigenvalue weighted by atomic mass is 31.1. The molecule has 0 aromatic heterocycles. The van der Waals surface area contributed by atoms with Gasteiger partial charge in [0.25, 0.3) is 0 Å². The van der Waals surface area contributed by atoms with Crippen molar-refractivity contribution in [1.82, 2.24) is 0 Å². The van der Waals surface area contributed by atoms with E-state index in [1.807, 2.05) is 20.8 Å². The lowest BCUT2D eigenvalue weighted by molar-refractivity contribution is -0.138. The summed E-state index contributed by atoms with van der Waals surface area (Å²) in [6.07, 6.45) is -8.44. The average Bonchev–Trinajstić information content (AvgIpc) is 2.57. The lowest BCUT2D eigenvalue weighted by atomic mass is 9.89. The average molecular weight is 421 g/mol. The second-order valence-corrected chi connectivity index (χ2v) is 9.93. The maximum Gasteiger partial charge on any atom is 0.416 e. The molecule has 0 aliphatic heterocycles. The molecule has 0 fully saturated rings. The molecule has 0 heterocycles. The number of alkyl halides is 6. The van der Waals surface area contributed by atoms with Crippen LogP contribution in [0.25, 0.3) is 0 Å². The van der Waals surface area contributed by atoms with Gasteiger partial charge in [0.2, 0.25) is 0 Å². The third-order valence-corrected chi connectivity index (χ3v) is 7.11. The Morgan fingerprint density at radius 1 is 0.714 bits per heavy atom. The molecule has 0 spiro atoms. The van der Waals surface area contributed by atoms with Gasteiger partial charge in [-0.05, 0) is 54.4 Å². The van der Waals surface area contributed by atoms with Crippen LogP contribution in [0.1, 0.15) is 31.9 Å². The van der Waals surface area contributed by atoms with Crippen molar-refractivity contribution in [2.45, 2.75) is 39.2 Å². The van der Waals surface area contributed by atoms with E-state index >= 15 is 0 Å². The van der Waals surface area contributed by atoms with Gasteiger partial charge < -0.3 is 5.73 Å². The van der Waals surface area contributed by atoms with E-state index < -0.39 is 31.4 Å². The minimum Gasteiger partial charge on any atom is -0.327 e. The lowest BCUT2D eigenvalue weighted by Gasteiger charge is -2.31. The van der Waals surface area contributed by atoms with E-state index in [-0.39, 0.29) is 11.5 Å². The van der Waals surface area contributed by atoms with E-state index in [1.54, 1.807) is 0 Å². The molecular formula is C20H22F6NP. The fraction of sp³-hybridized carbons (Fsp3) is 0.400. The molecule has 0 aliphatic carbocycles. The summed E-state index contributed by atoms with van der Waals surface area (Å²) in [5.74, 6) is 0. The first-order valence-electron chi connectivity index (χ1n) is 8.57. The Balaban J connectivity index is 2.42. The van der Waals surface area contributed by atoms with E-state index in [2.05, 4.69) is 0 Å². The Morgan fingerprint density at radius 2 is 1.04 bits per heavy atom. The number of rotatable bonds is 4. The van der Waals surface area contributed by atoms with Crippen molar-refractivity contribution in [3.63, 3.8) is 0 Å². The summed E-state index contributed by atoms with van der Waals surface area (Å²) in [6, 6.07) is 9.28. The normalized spacial score (nSPS) is 14.4. The van der Waals surface area contributed by atoms with Gasteiger partial charge in [-0.25, -0.2) is 0 Å². The van der Waals surface area contributed by atoms with Crippen LogP contribution in [-0.2, 0) is 12.4 Å². The Kier molecular flexibility index (Phi) is 6.51. The predicted molar refractivity (Wildman–Crippen MR) is 101 cm³/mol. The van der Waals surface area contributed by atoms with Gasteiger partial charge in [0.15, 0.2) is 0 Å². The van der Waals surface area contributed by atoms with Crippen molar-refractivity contribution in [1.29, 1.82) is 0 Å². The highest BCUT2D eigenvalue weighted by Crippen LogP contribution is 2.39. The zero-order valence-electron chi connectivity index (χ0n) is 15.7. The summed E-state index contributed by atoms with van der Waals surface area (Å²) in [6.45, 7) is 5.85. The molecule has 0 unspecified atom stereocenters. The van der Waals surface area contributed by atoms with Gasteiger partial charge in [0, 0.05) is 6.04 Å². The van der Waals surface area contributed by atoms with Gasteiger partial charge in [0.05, 0.1) is 11.1 Å². The first kappa shape index (κ1) is 22.7. The van der Waals surface area contributed by atoms with Crippen LogP contribution in [0.5, 0.6) is 0 Å². The third-order valence-electron chi connectivity index (χ3n) is 4.50. The van der Waals surface area contributed by atoms with Crippen LogP contribution in [0.2, 0.25) is 0 Å². The number of benzene rings is 2. The molecule has 0 radical (unpaired) electrons. The van der Waals surface area contributed by atoms with Crippen molar-refractivity contribution < 1.29 is 26.3 Å². The Bertz CT molecular complexity index is 715. The smallest absolute Gasteiger partial charge is 0.327 e. The zero-order chi connectivity index (χ0) is 21.3. The van der Waals surface area contributed by atoms with E-state index in [0.717, 1.165) is 24.3 Å². The summed E-state index contributed by atoms with van der Waals surface area (Å²) in [7, 11) is -1.21.